The van der Waals surface area contributed by atoms with E-state index in [9.17, 15) is 9.59 Å². The summed E-state index contributed by atoms with van der Waals surface area (Å²) in [5.41, 5.74) is 6.78. The van der Waals surface area contributed by atoms with Crippen LogP contribution in [0, 0.1) is 6.92 Å². The van der Waals surface area contributed by atoms with Crippen molar-refractivity contribution in [3.63, 3.8) is 0 Å². The fraction of sp³-hybridized carbons (Fsp3) is 0.353. The molecule has 1 aromatic heterocycles. The number of esters is 1. The van der Waals surface area contributed by atoms with Crippen LogP contribution in [0.1, 0.15) is 75.0 Å². The smallest absolute Gasteiger partial charge is 0.310 e. The lowest BCUT2D eigenvalue weighted by atomic mass is 10.1. The molecule has 0 bridgehead atoms. The van der Waals surface area contributed by atoms with Gasteiger partial charge in [-0.25, -0.2) is 0 Å². The predicted octanol–water partition coefficient (Wildman–Crippen LogP) is 8.15. The van der Waals surface area contributed by atoms with Gasteiger partial charge in [-0.3, -0.25) is 14.2 Å². The van der Waals surface area contributed by atoms with E-state index in [2.05, 4.69) is 39.8 Å². The van der Waals surface area contributed by atoms with E-state index in [0.29, 0.717) is 11.3 Å². The first-order valence-electron chi connectivity index (χ1n) is 13.6. The number of carbonyl (C=O) groups excluding carboxylic acids is 2. The van der Waals surface area contributed by atoms with E-state index in [1.165, 1.54) is 16.7 Å². The highest BCUT2D eigenvalue weighted by atomic mass is 16.5. The molecule has 1 heterocycles. The highest BCUT2D eigenvalue weighted by Gasteiger charge is 2.22. The molecule has 0 atom stereocenters. The zero-order valence-corrected chi connectivity index (χ0v) is 24.2. The zero-order valence-electron chi connectivity index (χ0n) is 24.2. The molecular weight excluding hydrogens is 486 g/mol. The molecule has 5 heteroatoms. The van der Waals surface area contributed by atoms with Crippen LogP contribution in [0.2, 0.25) is 0 Å². The molecule has 39 heavy (non-hydrogen) atoms. The van der Waals surface area contributed by atoms with Crippen molar-refractivity contribution in [2.24, 2.45) is 0 Å². The summed E-state index contributed by atoms with van der Waals surface area (Å²) in [5.74, 6) is 0.204. The number of hydrogen-bond donors (Lipinski definition) is 0. The second-order valence-corrected chi connectivity index (χ2v) is 10.3. The van der Waals surface area contributed by atoms with E-state index in [1.807, 2.05) is 49.4 Å². The molecule has 0 saturated carbocycles. The lowest BCUT2D eigenvalue weighted by Gasteiger charge is -2.08. The van der Waals surface area contributed by atoms with Gasteiger partial charge in [0.1, 0.15) is 12.4 Å². The molecule has 3 rings (SSSR count). The Kier molecular flexibility index (Phi) is 10.9. The molecule has 0 saturated heterocycles. The van der Waals surface area contributed by atoms with Crippen molar-refractivity contribution in [1.82, 2.24) is 4.57 Å². The average molecular weight is 528 g/mol. The van der Waals surface area contributed by atoms with Crippen molar-refractivity contribution in [2.45, 2.75) is 66.7 Å². The molecular formula is C34H41NO4. The number of methoxy groups -OCH3 is 1. The predicted molar refractivity (Wildman–Crippen MR) is 159 cm³/mol. The number of rotatable bonds is 12. The minimum Gasteiger partial charge on any atom is -0.497 e. The number of benzene rings is 2. The zero-order chi connectivity index (χ0) is 28.4. The van der Waals surface area contributed by atoms with Crippen LogP contribution in [0.25, 0.3) is 10.9 Å². The van der Waals surface area contributed by atoms with Crippen LogP contribution in [-0.4, -0.2) is 30.2 Å². The number of carbonyl (C=O) groups is 2. The van der Waals surface area contributed by atoms with Gasteiger partial charge in [-0.15, -0.1) is 0 Å². The van der Waals surface area contributed by atoms with Gasteiger partial charge < -0.3 is 9.47 Å². The maximum atomic E-state index is 13.4. The van der Waals surface area contributed by atoms with Crippen LogP contribution < -0.4 is 4.74 Å². The largest absolute Gasteiger partial charge is 0.497 e. The highest BCUT2D eigenvalue weighted by molar-refractivity contribution is 6.05. The minimum atomic E-state index is -0.328. The average Bonchev–Trinajstić information content (AvgIpc) is 3.18. The van der Waals surface area contributed by atoms with Crippen LogP contribution in [0.4, 0.5) is 0 Å². The fourth-order valence-corrected chi connectivity index (χ4v) is 4.60. The van der Waals surface area contributed by atoms with Crippen molar-refractivity contribution in [3.05, 3.63) is 100 Å². The van der Waals surface area contributed by atoms with Crippen LogP contribution in [0.3, 0.4) is 0 Å². The molecule has 0 radical (unpaired) electrons. The Hall–Kier alpha value is -3.86. The van der Waals surface area contributed by atoms with Crippen LogP contribution in [-0.2, 0) is 16.0 Å². The van der Waals surface area contributed by atoms with E-state index >= 15 is 0 Å². The van der Waals surface area contributed by atoms with E-state index in [4.69, 9.17) is 9.47 Å². The Morgan fingerprint density at radius 3 is 2.21 bits per heavy atom. The SMILES string of the molecule is COc1ccc2c(c1)c(CC(=O)OCC=C(C)CCC=C(C)CCC=C(C)C)c(C)n2C(=O)c1ccccc1. The van der Waals surface area contributed by atoms with Crippen molar-refractivity contribution < 1.29 is 19.1 Å². The molecule has 5 nitrogen and oxygen atoms in total. The van der Waals surface area contributed by atoms with Crippen LogP contribution >= 0.6 is 0 Å². The summed E-state index contributed by atoms with van der Waals surface area (Å²) in [7, 11) is 1.60. The highest BCUT2D eigenvalue weighted by Crippen LogP contribution is 2.31. The van der Waals surface area contributed by atoms with E-state index in [-0.39, 0.29) is 24.9 Å². The molecule has 0 fully saturated rings. The van der Waals surface area contributed by atoms with Crippen LogP contribution in [0.5, 0.6) is 5.75 Å². The van der Waals surface area contributed by atoms with Crippen molar-refractivity contribution in [3.8, 4) is 5.75 Å². The van der Waals surface area contributed by atoms with Crippen LogP contribution in [0.15, 0.2) is 83.5 Å². The summed E-state index contributed by atoms with van der Waals surface area (Å²) in [6.07, 6.45) is 10.7. The van der Waals surface area contributed by atoms with Crippen molar-refractivity contribution in [2.75, 3.05) is 13.7 Å². The van der Waals surface area contributed by atoms with Gasteiger partial charge in [0.25, 0.3) is 5.91 Å². The molecule has 2 aromatic carbocycles. The second-order valence-electron chi connectivity index (χ2n) is 10.3. The Labute approximate surface area is 232 Å². The van der Waals surface area contributed by atoms with Gasteiger partial charge in [0.15, 0.2) is 0 Å². The normalized spacial score (nSPS) is 11.9. The van der Waals surface area contributed by atoms with Gasteiger partial charge in [-0.1, -0.05) is 47.1 Å². The van der Waals surface area contributed by atoms with E-state index in [1.54, 1.807) is 23.8 Å². The molecule has 3 aromatic rings. The van der Waals surface area contributed by atoms with Gasteiger partial charge in [0.05, 0.1) is 19.0 Å². The Bertz CT molecular complexity index is 1390. The van der Waals surface area contributed by atoms with Gasteiger partial charge >= 0.3 is 5.97 Å². The topological polar surface area (TPSA) is 57.5 Å². The lowest BCUT2D eigenvalue weighted by Crippen LogP contribution is -2.14. The third-order valence-corrected chi connectivity index (χ3v) is 6.89. The number of hydrogen-bond acceptors (Lipinski definition) is 4. The summed E-state index contributed by atoms with van der Waals surface area (Å²) >= 11 is 0. The monoisotopic (exact) mass is 527 g/mol. The summed E-state index contributed by atoms with van der Waals surface area (Å²) in [6.45, 7) is 10.6. The molecule has 0 unspecified atom stereocenters. The lowest BCUT2D eigenvalue weighted by molar-refractivity contribution is -0.141. The first-order valence-corrected chi connectivity index (χ1v) is 13.6. The standard InChI is InChI=1S/C34H41NO4/c1-24(2)12-10-13-25(3)14-11-15-26(4)20-21-39-33(36)23-30-27(5)35(34(37)28-16-8-7-9-17-28)32-19-18-29(38-6)22-31(30)32/h7-9,12,14,16-20,22H,10-11,13,15,21,23H2,1-6H3. The molecule has 0 aliphatic rings. The number of fused-ring (bicyclic) bond motifs is 1. The molecule has 0 spiro atoms. The minimum absolute atomic E-state index is 0.0745. The molecule has 0 aliphatic heterocycles. The quantitative estimate of drug-likeness (QED) is 0.176. The third kappa shape index (κ3) is 8.31. The van der Waals surface area contributed by atoms with E-state index < -0.39 is 0 Å². The van der Waals surface area contributed by atoms with Gasteiger partial charge in [0.2, 0.25) is 0 Å². The Balaban J connectivity index is 1.66. The number of allylic oxidation sites excluding steroid dienone is 5. The van der Waals surface area contributed by atoms with Gasteiger partial charge in [0, 0.05) is 16.6 Å². The molecule has 206 valence electrons. The molecule has 0 aliphatic carbocycles. The first kappa shape index (κ1) is 29.7. The summed E-state index contributed by atoms with van der Waals surface area (Å²) < 4.78 is 12.7. The summed E-state index contributed by atoms with van der Waals surface area (Å²) in [6, 6.07) is 14.7. The number of aromatic nitrogens is 1. The van der Waals surface area contributed by atoms with Crippen molar-refractivity contribution >= 4 is 22.8 Å². The Morgan fingerprint density at radius 1 is 0.872 bits per heavy atom. The fourth-order valence-electron chi connectivity index (χ4n) is 4.60. The third-order valence-electron chi connectivity index (χ3n) is 6.89. The molecule has 0 N–H and O–H groups in total. The van der Waals surface area contributed by atoms with E-state index in [0.717, 1.165) is 47.8 Å². The Morgan fingerprint density at radius 2 is 1.54 bits per heavy atom. The number of nitrogens with zero attached hydrogens (tertiary/aromatic N) is 1. The summed E-state index contributed by atoms with van der Waals surface area (Å²) in [5, 5.41) is 0.812. The van der Waals surface area contributed by atoms with Gasteiger partial charge in [-0.2, -0.15) is 0 Å². The number of ether oxygens (including phenoxy) is 2. The van der Waals surface area contributed by atoms with Gasteiger partial charge in [-0.05, 0) is 102 Å². The maximum Gasteiger partial charge on any atom is 0.310 e. The first-order chi connectivity index (χ1) is 18.7. The molecule has 0 amide bonds. The van der Waals surface area contributed by atoms with Crippen molar-refractivity contribution in [1.29, 1.82) is 0 Å². The maximum absolute atomic E-state index is 13.4. The summed E-state index contributed by atoms with van der Waals surface area (Å²) in [4.78, 5) is 26.2. The second kappa shape index (κ2) is 14.3.